The van der Waals surface area contributed by atoms with Crippen LogP contribution in [0.25, 0.3) is 0 Å². The lowest BCUT2D eigenvalue weighted by atomic mass is 10.0. The van der Waals surface area contributed by atoms with E-state index in [1.165, 1.54) is 16.8 Å². The molecule has 3 aliphatic heterocycles. The molecule has 132 valence electrons. The van der Waals surface area contributed by atoms with Crippen molar-refractivity contribution in [2.24, 2.45) is 0 Å². The van der Waals surface area contributed by atoms with Crippen LogP contribution in [0.5, 0.6) is 11.5 Å². The van der Waals surface area contributed by atoms with Crippen LogP contribution in [-0.2, 0) is 19.6 Å². The summed E-state index contributed by atoms with van der Waals surface area (Å²) in [4.78, 5) is 2.52. The van der Waals surface area contributed by atoms with Gasteiger partial charge < -0.3 is 14.8 Å². The molecular formula is C19H24N4O2. The molecule has 1 aromatic carbocycles. The number of piperidine rings is 1. The highest BCUT2D eigenvalue weighted by Crippen LogP contribution is 2.35. The Balaban J connectivity index is 1.25. The van der Waals surface area contributed by atoms with E-state index in [0.717, 1.165) is 57.1 Å². The second kappa shape index (κ2) is 6.35. The Bertz CT molecular complexity index is 765. The van der Waals surface area contributed by atoms with Crippen LogP contribution in [0.1, 0.15) is 35.7 Å². The molecule has 25 heavy (non-hydrogen) atoms. The minimum atomic E-state index is 0.532. The van der Waals surface area contributed by atoms with Gasteiger partial charge in [-0.1, -0.05) is 12.1 Å². The van der Waals surface area contributed by atoms with Crippen molar-refractivity contribution in [3.63, 3.8) is 0 Å². The number of benzene rings is 1. The lowest BCUT2D eigenvalue weighted by molar-refractivity contribution is 0.154. The minimum absolute atomic E-state index is 0.532. The van der Waals surface area contributed by atoms with Crippen LogP contribution >= 0.6 is 0 Å². The molecule has 0 atom stereocenters. The van der Waals surface area contributed by atoms with Gasteiger partial charge in [-0.25, -0.2) is 0 Å². The summed E-state index contributed by atoms with van der Waals surface area (Å²) in [7, 11) is 0. The quantitative estimate of drug-likeness (QED) is 0.927. The molecule has 5 rings (SSSR count). The molecule has 1 N–H and O–H groups in total. The molecule has 0 saturated carbocycles. The van der Waals surface area contributed by atoms with Gasteiger partial charge in [0.25, 0.3) is 0 Å². The Kier molecular flexibility index (Phi) is 3.87. The highest BCUT2D eigenvalue weighted by atomic mass is 16.6. The first-order valence-electron chi connectivity index (χ1n) is 9.24. The third-order valence-corrected chi connectivity index (χ3v) is 5.54. The molecule has 1 aromatic heterocycles. The highest BCUT2D eigenvalue weighted by Gasteiger charge is 2.26. The zero-order chi connectivity index (χ0) is 16.6. The Morgan fingerprint density at radius 2 is 2.00 bits per heavy atom. The molecule has 6 nitrogen and oxygen atoms in total. The van der Waals surface area contributed by atoms with E-state index in [-0.39, 0.29) is 0 Å². The van der Waals surface area contributed by atoms with Gasteiger partial charge in [0.2, 0.25) is 0 Å². The normalized spacial score (nSPS) is 20.6. The molecule has 0 amide bonds. The van der Waals surface area contributed by atoms with E-state index >= 15 is 0 Å². The van der Waals surface area contributed by atoms with Crippen LogP contribution in [0.2, 0.25) is 0 Å². The molecule has 0 radical (unpaired) electrons. The van der Waals surface area contributed by atoms with Crippen molar-refractivity contribution < 1.29 is 9.47 Å². The molecule has 0 bridgehead atoms. The van der Waals surface area contributed by atoms with Crippen LogP contribution in [0.3, 0.4) is 0 Å². The molecule has 2 aromatic rings. The number of rotatable bonds is 3. The monoisotopic (exact) mass is 340 g/mol. The predicted molar refractivity (Wildman–Crippen MR) is 93.8 cm³/mol. The van der Waals surface area contributed by atoms with E-state index in [1.807, 2.05) is 12.3 Å². The summed E-state index contributed by atoms with van der Waals surface area (Å²) in [6.45, 7) is 6.33. The first kappa shape index (κ1) is 15.2. The first-order chi connectivity index (χ1) is 12.4. The fraction of sp³-hybridized carbons (Fsp3) is 0.526. The largest absolute Gasteiger partial charge is 0.486 e. The number of nitrogens with zero attached hydrogens (tertiary/aromatic N) is 3. The number of ether oxygens (including phenoxy) is 2. The average molecular weight is 340 g/mol. The average Bonchev–Trinajstić information content (AvgIpc) is 3.27. The van der Waals surface area contributed by atoms with Crippen molar-refractivity contribution >= 4 is 0 Å². The molecular weight excluding hydrogens is 316 g/mol. The van der Waals surface area contributed by atoms with Gasteiger partial charge in [-0.05, 0) is 18.9 Å². The maximum absolute atomic E-state index is 5.85. The number of aromatic nitrogens is 2. The highest BCUT2D eigenvalue weighted by molar-refractivity contribution is 5.47. The van der Waals surface area contributed by atoms with Gasteiger partial charge >= 0.3 is 0 Å². The van der Waals surface area contributed by atoms with E-state index in [4.69, 9.17) is 9.47 Å². The number of para-hydroxylation sites is 1. The molecule has 3 aliphatic rings. The topological polar surface area (TPSA) is 51.6 Å². The van der Waals surface area contributed by atoms with Crippen molar-refractivity contribution in [3.8, 4) is 11.5 Å². The molecule has 0 spiro atoms. The molecule has 6 heteroatoms. The van der Waals surface area contributed by atoms with E-state index in [2.05, 4.69) is 32.1 Å². The van der Waals surface area contributed by atoms with Crippen LogP contribution in [0.15, 0.2) is 24.4 Å². The third-order valence-electron chi connectivity index (χ3n) is 5.54. The first-order valence-corrected chi connectivity index (χ1v) is 9.24. The van der Waals surface area contributed by atoms with Crippen LogP contribution in [0, 0.1) is 0 Å². The van der Waals surface area contributed by atoms with E-state index in [9.17, 15) is 0 Å². The number of likely N-dealkylation sites (tertiary alicyclic amines) is 1. The lowest BCUT2D eigenvalue weighted by Gasteiger charge is -2.33. The summed E-state index contributed by atoms with van der Waals surface area (Å²) in [6.07, 6.45) is 4.34. The fourth-order valence-electron chi connectivity index (χ4n) is 4.22. The zero-order valence-electron chi connectivity index (χ0n) is 14.4. The van der Waals surface area contributed by atoms with Gasteiger partial charge in [-0.2, -0.15) is 5.10 Å². The summed E-state index contributed by atoms with van der Waals surface area (Å²) in [5.74, 6) is 1.82. The molecule has 4 heterocycles. The van der Waals surface area contributed by atoms with Gasteiger partial charge in [0.1, 0.15) is 13.2 Å². The molecule has 1 saturated heterocycles. The lowest BCUT2D eigenvalue weighted by Crippen LogP contribution is -2.35. The van der Waals surface area contributed by atoms with Gasteiger partial charge in [0, 0.05) is 43.9 Å². The Hall–Kier alpha value is -2.05. The van der Waals surface area contributed by atoms with Gasteiger partial charge in [-0.15, -0.1) is 0 Å². The Morgan fingerprint density at radius 3 is 2.92 bits per heavy atom. The summed E-state index contributed by atoms with van der Waals surface area (Å²) >= 11 is 0. The summed E-state index contributed by atoms with van der Waals surface area (Å²) < 4.78 is 13.8. The standard InChI is InChI=1S/C19H24N4O2/c1-2-14(19-18(3-1)24-8-9-25-19)13-22-6-4-16(5-7-22)23-17-12-20-10-15(17)11-21-23/h1-3,11,16,20H,4-10,12-13H2. The van der Waals surface area contributed by atoms with E-state index < -0.39 is 0 Å². The number of fused-ring (bicyclic) bond motifs is 2. The van der Waals surface area contributed by atoms with Gasteiger partial charge in [0.05, 0.1) is 17.9 Å². The van der Waals surface area contributed by atoms with Crippen LogP contribution in [0.4, 0.5) is 0 Å². The van der Waals surface area contributed by atoms with Crippen LogP contribution in [-0.4, -0.2) is 41.0 Å². The van der Waals surface area contributed by atoms with E-state index in [1.54, 1.807) is 0 Å². The zero-order valence-corrected chi connectivity index (χ0v) is 14.4. The third kappa shape index (κ3) is 2.79. The van der Waals surface area contributed by atoms with Crippen molar-refractivity contribution in [3.05, 3.63) is 41.2 Å². The minimum Gasteiger partial charge on any atom is -0.486 e. The Morgan fingerprint density at radius 1 is 1.12 bits per heavy atom. The molecule has 0 unspecified atom stereocenters. The number of nitrogens with one attached hydrogen (secondary N) is 1. The van der Waals surface area contributed by atoms with Gasteiger partial charge in [-0.3, -0.25) is 9.58 Å². The van der Waals surface area contributed by atoms with Gasteiger partial charge in [0.15, 0.2) is 11.5 Å². The summed E-state index contributed by atoms with van der Waals surface area (Å²) in [5, 5.41) is 8.07. The molecule has 1 fully saturated rings. The SMILES string of the molecule is c1cc(CN2CCC(n3ncc4c3CNC4)CC2)c2c(c1)OCCO2. The van der Waals surface area contributed by atoms with Crippen LogP contribution < -0.4 is 14.8 Å². The maximum atomic E-state index is 5.85. The van der Waals surface area contributed by atoms with Crippen molar-refractivity contribution in [2.75, 3.05) is 26.3 Å². The van der Waals surface area contributed by atoms with Crippen molar-refractivity contribution in [1.82, 2.24) is 20.0 Å². The predicted octanol–water partition coefficient (Wildman–Crippen LogP) is 2.09. The molecule has 0 aliphatic carbocycles. The Labute approximate surface area is 147 Å². The summed E-state index contributed by atoms with van der Waals surface area (Å²) in [6, 6.07) is 6.75. The second-order valence-electron chi connectivity index (χ2n) is 7.11. The van der Waals surface area contributed by atoms with E-state index in [0.29, 0.717) is 19.3 Å². The maximum Gasteiger partial charge on any atom is 0.165 e. The number of hydrogen-bond donors (Lipinski definition) is 1. The summed E-state index contributed by atoms with van der Waals surface area (Å²) in [5.41, 5.74) is 4.00. The van der Waals surface area contributed by atoms with Crippen molar-refractivity contribution in [2.45, 2.75) is 38.5 Å². The fourth-order valence-corrected chi connectivity index (χ4v) is 4.22. The van der Waals surface area contributed by atoms with Crippen molar-refractivity contribution in [1.29, 1.82) is 0 Å². The number of hydrogen-bond acceptors (Lipinski definition) is 5. The smallest absolute Gasteiger partial charge is 0.165 e. The second-order valence-corrected chi connectivity index (χ2v) is 7.11.